The van der Waals surface area contributed by atoms with Gasteiger partial charge in [-0.1, -0.05) is 0 Å². The van der Waals surface area contributed by atoms with Crippen LogP contribution in [0.2, 0.25) is 0 Å². The Morgan fingerprint density at radius 2 is 2.00 bits per heavy atom. The van der Waals surface area contributed by atoms with Crippen LogP contribution in [0.15, 0.2) is 24.4 Å². The second kappa shape index (κ2) is 2.66. The summed E-state index contributed by atoms with van der Waals surface area (Å²) in [5.41, 5.74) is 2.03. The zero-order chi connectivity index (χ0) is 9.26. The largest absolute Gasteiger partial charge is 0.360 e. The Hall–Kier alpha value is -2.26. The number of aromatic nitrogens is 1. The SMILES string of the molecule is N#Cc1ccc2[nH]cc(C#N)c2c1. The van der Waals surface area contributed by atoms with Crippen molar-refractivity contribution in [3.05, 3.63) is 35.5 Å². The average molecular weight is 167 g/mol. The number of hydrogen-bond acceptors (Lipinski definition) is 2. The van der Waals surface area contributed by atoms with Crippen LogP contribution >= 0.6 is 0 Å². The van der Waals surface area contributed by atoms with Crippen molar-refractivity contribution in [2.24, 2.45) is 0 Å². The van der Waals surface area contributed by atoms with E-state index in [4.69, 9.17) is 10.5 Å². The smallest absolute Gasteiger partial charge is 0.101 e. The van der Waals surface area contributed by atoms with Crippen molar-refractivity contribution in [3.8, 4) is 12.1 Å². The quantitative estimate of drug-likeness (QED) is 0.651. The molecule has 0 amide bonds. The normalized spacial score (nSPS) is 9.38. The molecule has 0 bridgehead atoms. The van der Waals surface area contributed by atoms with Crippen LogP contribution in [-0.4, -0.2) is 4.98 Å². The third-order valence-electron chi connectivity index (χ3n) is 1.93. The molecule has 2 aromatic rings. The molecule has 0 radical (unpaired) electrons. The molecule has 0 spiro atoms. The lowest BCUT2D eigenvalue weighted by atomic mass is 10.1. The maximum absolute atomic E-state index is 8.74. The first-order chi connectivity index (χ1) is 6.35. The van der Waals surface area contributed by atoms with Gasteiger partial charge in [-0.2, -0.15) is 10.5 Å². The van der Waals surface area contributed by atoms with Crippen LogP contribution in [0.1, 0.15) is 11.1 Å². The van der Waals surface area contributed by atoms with Gasteiger partial charge in [-0.3, -0.25) is 0 Å². The Bertz CT molecular complexity index is 537. The minimum atomic E-state index is 0.573. The van der Waals surface area contributed by atoms with E-state index in [1.807, 2.05) is 6.07 Å². The molecule has 13 heavy (non-hydrogen) atoms. The van der Waals surface area contributed by atoms with Gasteiger partial charge in [-0.15, -0.1) is 0 Å². The van der Waals surface area contributed by atoms with Crippen molar-refractivity contribution in [2.75, 3.05) is 0 Å². The molecule has 0 aliphatic heterocycles. The highest BCUT2D eigenvalue weighted by Crippen LogP contribution is 2.18. The topological polar surface area (TPSA) is 63.4 Å². The van der Waals surface area contributed by atoms with E-state index in [0.717, 1.165) is 10.9 Å². The molecule has 0 aliphatic rings. The van der Waals surface area contributed by atoms with E-state index in [1.165, 1.54) is 0 Å². The van der Waals surface area contributed by atoms with Gasteiger partial charge in [0.05, 0.1) is 17.2 Å². The van der Waals surface area contributed by atoms with Crippen LogP contribution in [0, 0.1) is 22.7 Å². The van der Waals surface area contributed by atoms with Crippen LogP contribution < -0.4 is 0 Å². The molecule has 3 heteroatoms. The van der Waals surface area contributed by atoms with E-state index in [1.54, 1.807) is 24.4 Å². The number of H-pyrrole nitrogens is 1. The molecule has 3 nitrogen and oxygen atoms in total. The molecule has 1 N–H and O–H groups in total. The highest BCUT2D eigenvalue weighted by atomic mass is 14.7. The molecule has 1 aromatic heterocycles. The lowest BCUT2D eigenvalue weighted by Crippen LogP contribution is -1.74. The summed E-state index contributed by atoms with van der Waals surface area (Å²) < 4.78 is 0. The fourth-order valence-electron chi connectivity index (χ4n) is 1.28. The van der Waals surface area contributed by atoms with E-state index in [2.05, 4.69) is 11.1 Å². The minimum absolute atomic E-state index is 0.573. The number of fused-ring (bicyclic) bond motifs is 1. The van der Waals surface area contributed by atoms with Gasteiger partial charge in [0.2, 0.25) is 0 Å². The number of aromatic amines is 1. The predicted octanol–water partition coefficient (Wildman–Crippen LogP) is 1.91. The Labute approximate surface area is 74.8 Å². The van der Waals surface area contributed by atoms with Gasteiger partial charge in [0.25, 0.3) is 0 Å². The van der Waals surface area contributed by atoms with Crippen molar-refractivity contribution in [1.29, 1.82) is 10.5 Å². The van der Waals surface area contributed by atoms with Crippen molar-refractivity contribution in [2.45, 2.75) is 0 Å². The predicted molar refractivity (Wildman–Crippen MR) is 47.7 cm³/mol. The van der Waals surface area contributed by atoms with Gasteiger partial charge in [-0.05, 0) is 18.2 Å². The molecular weight excluding hydrogens is 162 g/mol. The molecule has 60 valence electrons. The summed E-state index contributed by atoms with van der Waals surface area (Å²) >= 11 is 0. The second-order valence-electron chi connectivity index (χ2n) is 2.69. The van der Waals surface area contributed by atoms with Gasteiger partial charge < -0.3 is 4.98 Å². The van der Waals surface area contributed by atoms with Gasteiger partial charge in [-0.25, -0.2) is 0 Å². The minimum Gasteiger partial charge on any atom is -0.360 e. The molecule has 0 unspecified atom stereocenters. The van der Waals surface area contributed by atoms with E-state index >= 15 is 0 Å². The Kier molecular flexibility index (Phi) is 1.51. The first kappa shape index (κ1) is 7.39. The Morgan fingerprint density at radius 1 is 1.15 bits per heavy atom. The monoisotopic (exact) mass is 167 g/mol. The molecule has 0 saturated carbocycles. The van der Waals surface area contributed by atoms with Gasteiger partial charge in [0.1, 0.15) is 6.07 Å². The van der Waals surface area contributed by atoms with Crippen LogP contribution in [0.4, 0.5) is 0 Å². The summed E-state index contributed by atoms with van der Waals surface area (Å²) in [5, 5.41) is 18.2. The first-order valence-electron chi connectivity index (χ1n) is 3.76. The number of benzene rings is 1. The molecule has 0 fully saturated rings. The number of nitrogens with one attached hydrogen (secondary N) is 1. The maximum Gasteiger partial charge on any atom is 0.101 e. The van der Waals surface area contributed by atoms with E-state index in [-0.39, 0.29) is 0 Å². The number of hydrogen-bond donors (Lipinski definition) is 1. The van der Waals surface area contributed by atoms with E-state index < -0.39 is 0 Å². The zero-order valence-corrected chi connectivity index (χ0v) is 6.70. The van der Waals surface area contributed by atoms with Gasteiger partial charge in [0.15, 0.2) is 0 Å². The standard InChI is InChI=1S/C10H5N3/c11-4-7-1-2-10-9(3-7)8(5-12)6-13-10/h1-3,6,13H. The summed E-state index contributed by atoms with van der Waals surface area (Å²) in [7, 11) is 0. The first-order valence-corrected chi connectivity index (χ1v) is 3.76. The summed E-state index contributed by atoms with van der Waals surface area (Å²) in [6.45, 7) is 0. The number of nitrogens with zero attached hydrogens (tertiary/aromatic N) is 2. The molecule has 2 rings (SSSR count). The maximum atomic E-state index is 8.74. The summed E-state index contributed by atoms with van der Waals surface area (Å²) in [4.78, 5) is 2.96. The molecule has 0 saturated heterocycles. The van der Waals surface area contributed by atoms with Crippen molar-refractivity contribution in [3.63, 3.8) is 0 Å². The van der Waals surface area contributed by atoms with E-state index in [0.29, 0.717) is 11.1 Å². The Balaban J connectivity index is 2.83. The van der Waals surface area contributed by atoms with Gasteiger partial charge in [0, 0.05) is 17.1 Å². The third kappa shape index (κ3) is 1.04. The molecule has 0 aliphatic carbocycles. The molecule has 1 heterocycles. The van der Waals surface area contributed by atoms with Crippen molar-refractivity contribution >= 4 is 10.9 Å². The fraction of sp³-hybridized carbons (Fsp3) is 0. The number of nitriles is 2. The third-order valence-corrected chi connectivity index (χ3v) is 1.93. The lowest BCUT2D eigenvalue weighted by Gasteiger charge is -1.90. The Morgan fingerprint density at radius 3 is 2.69 bits per heavy atom. The lowest BCUT2D eigenvalue weighted by molar-refractivity contribution is 1.44. The average Bonchev–Trinajstić information content (AvgIpc) is 2.59. The van der Waals surface area contributed by atoms with Crippen molar-refractivity contribution < 1.29 is 0 Å². The van der Waals surface area contributed by atoms with Crippen LogP contribution in [0.5, 0.6) is 0 Å². The second-order valence-corrected chi connectivity index (χ2v) is 2.69. The highest BCUT2D eigenvalue weighted by Gasteiger charge is 2.02. The van der Waals surface area contributed by atoms with Gasteiger partial charge >= 0.3 is 0 Å². The van der Waals surface area contributed by atoms with Crippen LogP contribution in [0.3, 0.4) is 0 Å². The van der Waals surface area contributed by atoms with Crippen molar-refractivity contribution in [1.82, 2.24) is 4.98 Å². The van der Waals surface area contributed by atoms with Crippen LogP contribution in [-0.2, 0) is 0 Å². The molecule has 1 aromatic carbocycles. The number of rotatable bonds is 0. The van der Waals surface area contributed by atoms with E-state index in [9.17, 15) is 0 Å². The summed E-state index contributed by atoms with van der Waals surface area (Å²) in [6, 6.07) is 9.33. The van der Waals surface area contributed by atoms with Crippen LogP contribution in [0.25, 0.3) is 10.9 Å². The zero-order valence-electron chi connectivity index (χ0n) is 6.70. The fourth-order valence-corrected chi connectivity index (χ4v) is 1.28. The molecule has 0 atom stereocenters. The summed E-state index contributed by atoms with van der Waals surface area (Å²) in [5.74, 6) is 0. The summed E-state index contributed by atoms with van der Waals surface area (Å²) in [6.07, 6.45) is 1.64. The highest BCUT2D eigenvalue weighted by molar-refractivity contribution is 5.86. The molecular formula is C10H5N3.